The van der Waals surface area contributed by atoms with Crippen molar-refractivity contribution in [3.8, 4) is 5.75 Å². The lowest BCUT2D eigenvalue weighted by atomic mass is 10.2. The fourth-order valence-corrected chi connectivity index (χ4v) is 4.42. The SMILES string of the molecule is COc1c(Br)cc(Br)cc1/C=C/C(=O)NC(=S)Nc1c(Cl)cc(Cl)cc1C(=O)O. The van der Waals surface area contributed by atoms with Gasteiger partial charge in [-0.15, -0.1) is 0 Å². The Kier molecular flexibility index (Phi) is 8.47. The van der Waals surface area contributed by atoms with Crippen molar-refractivity contribution in [2.75, 3.05) is 12.4 Å². The predicted octanol–water partition coefficient (Wildman–Crippen LogP) is 5.75. The van der Waals surface area contributed by atoms with Gasteiger partial charge >= 0.3 is 5.97 Å². The van der Waals surface area contributed by atoms with Gasteiger partial charge in [-0.25, -0.2) is 4.79 Å². The van der Waals surface area contributed by atoms with Crippen LogP contribution in [0.3, 0.4) is 0 Å². The first kappa shape index (κ1) is 23.6. The van der Waals surface area contributed by atoms with Crippen molar-refractivity contribution < 1.29 is 19.4 Å². The highest BCUT2D eigenvalue weighted by Crippen LogP contribution is 2.33. The van der Waals surface area contributed by atoms with Gasteiger partial charge in [-0.05, 0) is 58.5 Å². The van der Waals surface area contributed by atoms with Crippen LogP contribution in [0.1, 0.15) is 15.9 Å². The Balaban J connectivity index is 2.14. The molecular weight excluding hydrogens is 571 g/mol. The Morgan fingerprint density at radius 3 is 2.52 bits per heavy atom. The molecule has 29 heavy (non-hydrogen) atoms. The number of amides is 1. The summed E-state index contributed by atoms with van der Waals surface area (Å²) in [5, 5.41) is 14.4. The third-order valence-electron chi connectivity index (χ3n) is 3.42. The van der Waals surface area contributed by atoms with Gasteiger partial charge in [0.05, 0.1) is 27.9 Å². The molecule has 0 aliphatic rings. The molecule has 0 bridgehead atoms. The average Bonchev–Trinajstić information content (AvgIpc) is 2.61. The Bertz CT molecular complexity index is 1030. The van der Waals surface area contributed by atoms with E-state index in [-0.39, 0.29) is 26.4 Å². The minimum absolute atomic E-state index is 0.0236. The quantitative estimate of drug-likeness (QED) is 0.307. The first-order valence-corrected chi connectivity index (χ1v) is 10.4. The summed E-state index contributed by atoms with van der Waals surface area (Å²) >= 11 is 23.7. The van der Waals surface area contributed by atoms with Crippen molar-refractivity contribution in [3.63, 3.8) is 0 Å². The van der Waals surface area contributed by atoms with Crippen molar-refractivity contribution >= 4 is 96.0 Å². The summed E-state index contributed by atoms with van der Waals surface area (Å²) in [6.07, 6.45) is 2.80. The second-order valence-corrected chi connectivity index (χ2v) is 8.42. The van der Waals surface area contributed by atoms with E-state index < -0.39 is 11.9 Å². The van der Waals surface area contributed by atoms with Crippen molar-refractivity contribution in [2.45, 2.75) is 0 Å². The lowest BCUT2D eigenvalue weighted by molar-refractivity contribution is -0.115. The normalized spacial score (nSPS) is 10.7. The maximum absolute atomic E-state index is 12.2. The molecule has 0 saturated heterocycles. The van der Waals surface area contributed by atoms with Crippen LogP contribution < -0.4 is 15.4 Å². The van der Waals surface area contributed by atoms with E-state index in [1.54, 1.807) is 12.1 Å². The van der Waals surface area contributed by atoms with Gasteiger partial charge in [0.2, 0.25) is 5.91 Å². The molecule has 11 heteroatoms. The number of thiocarbonyl (C=S) groups is 1. The first-order valence-electron chi connectivity index (χ1n) is 7.67. The molecule has 3 N–H and O–H groups in total. The summed E-state index contributed by atoms with van der Waals surface area (Å²) in [4.78, 5) is 23.6. The number of aromatic carboxylic acids is 1. The van der Waals surface area contributed by atoms with E-state index in [0.29, 0.717) is 15.8 Å². The number of anilines is 1. The molecule has 152 valence electrons. The van der Waals surface area contributed by atoms with E-state index in [1.165, 1.54) is 25.3 Å². The smallest absolute Gasteiger partial charge is 0.337 e. The summed E-state index contributed by atoms with van der Waals surface area (Å²) < 4.78 is 6.82. The fraction of sp³-hybridized carbons (Fsp3) is 0.0556. The van der Waals surface area contributed by atoms with Gasteiger partial charge in [-0.3, -0.25) is 10.1 Å². The second-order valence-electron chi connectivity index (χ2n) is 5.40. The number of carboxylic acids is 1. The second kappa shape index (κ2) is 10.4. The van der Waals surface area contributed by atoms with Gasteiger partial charge in [-0.1, -0.05) is 39.1 Å². The molecule has 2 aromatic rings. The first-order chi connectivity index (χ1) is 13.6. The van der Waals surface area contributed by atoms with Crippen LogP contribution in [0, 0.1) is 0 Å². The van der Waals surface area contributed by atoms with Crippen molar-refractivity contribution in [1.82, 2.24) is 5.32 Å². The molecule has 0 aliphatic carbocycles. The monoisotopic (exact) mass is 580 g/mol. The predicted molar refractivity (Wildman–Crippen MR) is 125 cm³/mol. The zero-order valence-corrected chi connectivity index (χ0v) is 20.1. The van der Waals surface area contributed by atoms with Crippen LogP contribution in [0.4, 0.5) is 5.69 Å². The number of hydrogen-bond acceptors (Lipinski definition) is 4. The Morgan fingerprint density at radius 2 is 1.90 bits per heavy atom. The molecule has 6 nitrogen and oxygen atoms in total. The van der Waals surface area contributed by atoms with Gasteiger partial charge in [0.1, 0.15) is 5.75 Å². The lowest BCUT2D eigenvalue weighted by Gasteiger charge is -2.13. The highest BCUT2D eigenvalue weighted by molar-refractivity contribution is 9.11. The van der Waals surface area contributed by atoms with E-state index in [9.17, 15) is 14.7 Å². The summed E-state index contributed by atoms with van der Waals surface area (Å²) in [6.45, 7) is 0. The van der Waals surface area contributed by atoms with E-state index in [0.717, 1.165) is 4.47 Å². The molecule has 0 aromatic heterocycles. The van der Waals surface area contributed by atoms with Crippen LogP contribution in [-0.2, 0) is 4.79 Å². The molecule has 0 aliphatic heterocycles. The highest BCUT2D eigenvalue weighted by Gasteiger charge is 2.17. The number of rotatable bonds is 5. The number of methoxy groups -OCH3 is 1. The molecular formula is C18H12Br2Cl2N2O4S. The van der Waals surface area contributed by atoms with Gasteiger partial charge < -0.3 is 15.2 Å². The maximum atomic E-state index is 12.2. The molecule has 2 rings (SSSR count). The highest BCUT2D eigenvalue weighted by atomic mass is 79.9. The zero-order valence-electron chi connectivity index (χ0n) is 14.6. The molecule has 0 saturated carbocycles. The Morgan fingerprint density at radius 1 is 1.21 bits per heavy atom. The van der Waals surface area contributed by atoms with Crippen LogP contribution in [0.15, 0.2) is 39.3 Å². The van der Waals surface area contributed by atoms with Crippen molar-refractivity contribution in [3.05, 3.63) is 60.5 Å². The summed E-state index contributed by atoms with van der Waals surface area (Å²) in [7, 11) is 1.51. The van der Waals surface area contributed by atoms with Crippen LogP contribution >= 0.6 is 67.3 Å². The number of benzene rings is 2. The molecule has 0 heterocycles. The fourth-order valence-electron chi connectivity index (χ4n) is 2.25. The Labute approximate surface area is 198 Å². The number of carbonyl (C=O) groups is 2. The minimum atomic E-state index is -1.25. The standard InChI is InChI=1S/C18H12Br2Cl2N2O4S/c1-28-16-8(4-9(19)5-12(16)20)2-3-14(25)23-18(29)24-15-11(17(26)27)6-10(21)7-13(15)22/h2-7H,1H3,(H,26,27)(H2,23,24,25,29)/b3-2+. The topological polar surface area (TPSA) is 87.7 Å². The van der Waals surface area contributed by atoms with Gasteiger partial charge in [-0.2, -0.15) is 0 Å². The van der Waals surface area contributed by atoms with Crippen LogP contribution in [0.25, 0.3) is 6.08 Å². The number of hydrogen-bond donors (Lipinski definition) is 3. The number of nitrogens with one attached hydrogen (secondary N) is 2. The third kappa shape index (κ3) is 6.42. The number of carbonyl (C=O) groups excluding carboxylic acids is 1. The summed E-state index contributed by atoms with van der Waals surface area (Å²) in [6, 6.07) is 6.17. The van der Waals surface area contributed by atoms with Crippen LogP contribution in [-0.4, -0.2) is 29.2 Å². The zero-order chi connectivity index (χ0) is 21.7. The van der Waals surface area contributed by atoms with Crippen LogP contribution in [0.5, 0.6) is 5.75 Å². The molecule has 1 amide bonds. The van der Waals surface area contributed by atoms with Crippen LogP contribution in [0.2, 0.25) is 10.0 Å². The average molecular weight is 583 g/mol. The number of carboxylic acid groups (broad SMARTS) is 1. The van der Waals surface area contributed by atoms with Crippen molar-refractivity contribution in [1.29, 1.82) is 0 Å². The van der Waals surface area contributed by atoms with E-state index in [2.05, 4.69) is 42.5 Å². The molecule has 0 atom stereocenters. The van der Waals surface area contributed by atoms with Gasteiger partial charge in [0, 0.05) is 21.1 Å². The largest absolute Gasteiger partial charge is 0.495 e. The molecule has 2 aromatic carbocycles. The van der Waals surface area contributed by atoms with E-state index >= 15 is 0 Å². The molecule has 0 radical (unpaired) electrons. The summed E-state index contributed by atoms with van der Waals surface area (Å²) in [5.41, 5.74) is 0.491. The lowest BCUT2D eigenvalue weighted by Crippen LogP contribution is -2.33. The minimum Gasteiger partial charge on any atom is -0.495 e. The summed E-state index contributed by atoms with van der Waals surface area (Å²) in [5.74, 6) is -1.24. The van der Waals surface area contributed by atoms with E-state index in [1.807, 2.05) is 6.07 Å². The molecule has 0 unspecified atom stereocenters. The maximum Gasteiger partial charge on any atom is 0.337 e. The number of ether oxygens (including phenoxy) is 1. The number of halogens is 4. The molecule has 0 fully saturated rings. The van der Waals surface area contributed by atoms with Gasteiger partial charge in [0.25, 0.3) is 0 Å². The Hall–Kier alpha value is -1.65. The van der Waals surface area contributed by atoms with E-state index in [4.69, 9.17) is 40.2 Å². The third-order valence-corrected chi connectivity index (χ3v) is 5.18. The molecule has 0 spiro atoms. The van der Waals surface area contributed by atoms with Gasteiger partial charge in [0.15, 0.2) is 5.11 Å². The van der Waals surface area contributed by atoms with Crippen molar-refractivity contribution in [2.24, 2.45) is 0 Å².